The van der Waals surface area contributed by atoms with Gasteiger partial charge in [0.2, 0.25) is 5.91 Å². The summed E-state index contributed by atoms with van der Waals surface area (Å²) in [4.78, 5) is 11.8. The van der Waals surface area contributed by atoms with Crippen LogP contribution in [0.3, 0.4) is 0 Å². The van der Waals surface area contributed by atoms with Crippen LogP contribution in [-0.4, -0.2) is 23.7 Å². The molecule has 0 heterocycles. The van der Waals surface area contributed by atoms with Crippen molar-refractivity contribution in [1.29, 1.82) is 0 Å². The molecule has 2 N–H and O–H groups in total. The van der Waals surface area contributed by atoms with Gasteiger partial charge in [-0.25, -0.2) is 4.39 Å². The first kappa shape index (κ1) is 15.3. The molecule has 110 valence electrons. The summed E-state index contributed by atoms with van der Waals surface area (Å²) in [6, 6.07) is 4.34. The molecule has 0 aromatic heterocycles. The Hall–Kier alpha value is -1.13. The molecule has 1 amide bonds. The number of hydrogen-bond donors (Lipinski definition) is 2. The van der Waals surface area contributed by atoms with Crippen LogP contribution in [0.5, 0.6) is 0 Å². The van der Waals surface area contributed by atoms with E-state index in [2.05, 4.69) is 5.32 Å². The third kappa shape index (κ3) is 3.93. The van der Waals surface area contributed by atoms with Crippen molar-refractivity contribution >= 4 is 17.5 Å². The Morgan fingerprint density at radius 2 is 2.15 bits per heavy atom. The zero-order valence-corrected chi connectivity index (χ0v) is 12.0. The molecule has 1 saturated carbocycles. The molecule has 0 saturated heterocycles. The third-order valence-electron chi connectivity index (χ3n) is 3.85. The quantitative estimate of drug-likeness (QED) is 0.878. The van der Waals surface area contributed by atoms with Crippen molar-refractivity contribution in [3.8, 4) is 0 Å². The van der Waals surface area contributed by atoms with E-state index in [4.69, 9.17) is 11.6 Å². The molecule has 0 spiro atoms. The summed E-state index contributed by atoms with van der Waals surface area (Å²) in [5.41, 5.74) is 0.196. The molecule has 2 rings (SSSR count). The zero-order chi connectivity index (χ0) is 14.5. The van der Waals surface area contributed by atoms with Crippen LogP contribution >= 0.6 is 11.6 Å². The molecule has 20 heavy (non-hydrogen) atoms. The maximum atomic E-state index is 13.5. The van der Waals surface area contributed by atoms with Gasteiger partial charge in [-0.15, -0.1) is 0 Å². The Bertz CT molecular complexity index is 455. The SMILES string of the molecule is O=C(Cc1c(F)cccc1Cl)NCC(O)C1CCCC1. The Morgan fingerprint density at radius 1 is 1.45 bits per heavy atom. The average molecular weight is 300 g/mol. The Morgan fingerprint density at radius 3 is 2.80 bits per heavy atom. The standard InChI is InChI=1S/C15H19ClFNO2/c16-12-6-3-7-13(17)11(12)8-15(20)18-9-14(19)10-4-1-2-5-10/h3,6-7,10,14,19H,1-2,4-5,8-9H2,(H,18,20). The fraction of sp³-hybridized carbons (Fsp3) is 0.533. The number of nitrogens with one attached hydrogen (secondary N) is 1. The second-order valence-corrected chi connectivity index (χ2v) is 5.70. The number of hydrogen-bond acceptors (Lipinski definition) is 2. The molecule has 5 heteroatoms. The van der Waals surface area contributed by atoms with Crippen molar-refractivity contribution in [2.75, 3.05) is 6.54 Å². The Balaban J connectivity index is 1.83. The van der Waals surface area contributed by atoms with Crippen LogP contribution in [0.1, 0.15) is 31.2 Å². The fourth-order valence-corrected chi connectivity index (χ4v) is 2.88. The molecule has 1 unspecified atom stereocenters. The van der Waals surface area contributed by atoms with Gasteiger partial charge in [0.05, 0.1) is 12.5 Å². The van der Waals surface area contributed by atoms with E-state index in [0.29, 0.717) is 0 Å². The number of aliphatic hydroxyl groups is 1. The minimum absolute atomic E-state index is 0.108. The molecule has 1 aliphatic rings. The summed E-state index contributed by atoms with van der Waals surface area (Å²) in [5.74, 6) is -0.537. The lowest BCUT2D eigenvalue weighted by molar-refractivity contribution is -0.121. The number of benzene rings is 1. The van der Waals surface area contributed by atoms with Crippen LogP contribution in [-0.2, 0) is 11.2 Å². The van der Waals surface area contributed by atoms with Crippen LogP contribution < -0.4 is 5.32 Å². The zero-order valence-electron chi connectivity index (χ0n) is 11.2. The molecule has 0 aliphatic heterocycles. The van der Waals surface area contributed by atoms with E-state index in [1.54, 1.807) is 6.07 Å². The second kappa shape index (κ2) is 7.04. The first-order chi connectivity index (χ1) is 9.58. The molecular formula is C15H19ClFNO2. The number of rotatable bonds is 5. The Kier molecular flexibility index (Phi) is 5.38. The van der Waals surface area contributed by atoms with Crippen molar-refractivity contribution in [1.82, 2.24) is 5.32 Å². The molecule has 3 nitrogen and oxygen atoms in total. The Labute approximate surface area is 123 Å². The highest BCUT2D eigenvalue weighted by atomic mass is 35.5. The molecule has 0 radical (unpaired) electrons. The van der Waals surface area contributed by atoms with Gasteiger partial charge in [0.1, 0.15) is 5.82 Å². The molecule has 1 fully saturated rings. The summed E-state index contributed by atoms with van der Waals surface area (Å²) in [5, 5.41) is 12.9. The largest absolute Gasteiger partial charge is 0.391 e. The van der Waals surface area contributed by atoms with Gasteiger partial charge in [-0.1, -0.05) is 30.5 Å². The third-order valence-corrected chi connectivity index (χ3v) is 4.21. The van der Waals surface area contributed by atoms with Gasteiger partial charge in [-0.05, 0) is 30.9 Å². The molecule has 1 aromatic carbocycles. The van der Waals surface area contributed by atoms with Gasteiger partial charge in [0, 0.05) is 17.1 Å². The summed E-state index contributed by atoms with van der Waals surface area (Å²) in [6.45, 7) is 0.218. The van der Waals surface area contributed by atoms with E-state index >= 15 is 0 Å². The van der Waals surface area contributed by atoms with Crippen molar-refractivity contribution in [3.05, 3.63) is 34.6 Å². The highest BCUT2D eigenvalue weighted by Gasteiger charge is 2.23. The molecule has 1 aliphatic carbocycles. The van der Waals surface area contributed by atoms with E-state index in [-0.39, 0.29) is 35.4 Å². The minimum atomic E-state index is -0.516. The molecule has 1 aromatic rings. The van der Waals surface area contributed by atoms with E-state index < -0.39 is 11.9 Å². The van der Waals surface area contributed by atoms with E-state index in [0.717, 1.165) is 25.7 Å². The lowest BCUT2D eigenvalue weighted by Gasteiger charge is -2.18. The van der Waals surface area contributed by atoms with Crippen LogP contribution in [0.15, 0.2) is 18.2 Å². The summed E-state index contributed by atoms with van der Waals surface area (Å²) in [7, 11) is 0. The van der Waals surface area contributed by atoms with Crippen molar-refractivity contribution in [3.63, 3.8) is 0 Å². The molecule has 1 atom stereocenters. The van der Waals surface area contributed by atoms with Gasteiger partial charge >= 0.3 is 0 Å². The number of carbonyl (C=O) groups is 1. The highest BCUT2D eigenvalue weighted by molar-refractivity contribution is 6.31. The minimum Gasteiger partial charge on any atom is -0.391 e. The van der Waals surface area contributed by atoms with Crippen molar-refractivity contribution < 1.29 is 14.3 Å². The van der Waals surface area contributed by atoms with E-state index in [1.165, 1.54) is 12.1 Å². The van der Waals surface area contributed by atoms with E-state index in [1.807, 2.05) is 0 Å². The van der Waals surface area contributed by atoms with Gasteiger partial charge in [0.15, 0.2) is 0 Å². The lowest BCUT2D eigenvalue weighted by atomic mass is 10.0. The monoisotopic (exact) mass is 299 g/mol. The average Bonchev–Trinajstić information content (AvgIpc) is 2.94. The number of halogens is 2. The van der Waals surface area contributed by atoms with E-state index in [9.17, 15) is 14.3 Å². The van der Waals surface area contributed by atoms with Crippen molar-refractivity contribution in [2.24, 2.45) is 5.92 Å². The van der Waals surface area contributed by atoms with Gasteiger partial charge < -0.3 is 10.4 Å². The van der Waals surface area contributed by atoms with Gasteiger partial charge in [0.25, 0.3) is 0 Å². The smallest absolute Gasteiger partial charge is 0.224 e. The topological polar surface area (TPSA) is 49.3 Å². The predicted molar refractivity (Wildman–Crippen MR) is 76.1 cm³/mol. The first-order valence-corrected chi connectivity index (χ1v) is 7.33. The van der Waals surface area contributed by atoms with Gasteiger partial charge in [-0.3, -0.25) is 4.79 Å². The van der Waals surface area contributed by atoms with Crippen LogP contribution in [0.25, 0.3) is 0 Å². The van der Waals surface area contributed by atoms with Crippen molar-refractivity contribution in [2.45, 2.75) is 38.2 Å². The van der Waals surface area contributed by atoms with Crippen LogP contribution in [0, 0.1) is 11.7 Å². The number of amides is 1. The molecular weight excluding hydrogens is 281 g/mol. The maximum absolute atomic E-state index is 13.5. The fourth-order valence-electron chi connectivity index (χ4n) is 2.65. The number of aliphatic hydroxyl groups excluding tert-OH is 1. The summed E-state index contributed by atoms with van der Waals surface area (Å²) >= 11 is 5.87. The van der Waals surface area contributed by atoms with Gasteiger partial charge in [-0.2, -0.15) is 0 Å². The predicted octanol–water partition coefficient (Wildman–Crippen LogP) is 2.69. The summed E-state index contributed by atoms with van der Waals surface area (Å²) in [6.07, 6.45) is 3.67. The number of carbonyl (C=O) groups excluding carboxylic acids is 1. The highest BCUT2D eigenvalue weighted by Crippen LogP contribution is 2.27. The van der Waals surface area contributed by atoms with Crippen LogP contribution in [0.4, 0.5) is 4.39 Å². The van der Waals surface area contributed by atoms with Crippen LogP contribution in [0.2, 0.25) is 5.02 Å². The maximum Gasteiger partial charge on any atom is 0.224 e. The molecule has 0 bridgehead atoms. The first-order valence-electron chi connectivity index (χ1n) is 6.95. The second-order valence-electron chi connectivity index (χ2n) is 5.29. The normalized spacial score (nSPS) is 17.1. The lowest BCUT2D eigenvalue weighted by Crippen LogP contribution is -2.36. The summed E-state index contributed by atoms with van der Waals surface area (Å²) < 4.78 is 13.5.